The second-order valence-electron chi connectivity index (χ2n) is 3.92. The molecule has 1 fully saturated rings. The molecule has 1 aliphatic carbocycles. The van der Waals surface area contributed by atoms with E-state index >= 15 is 0 Å². The third-order valence-corrected chi connectivity index (χ3v) is 2.83. The van der Waals surface area contributed by atoms with E-state index in [-0.39, 0.29) is 10.7 Å². The number of hydrogen-bond acceptors (Lipinski definition) is 2. The van der Waals surface area contributed by atoms with E-state index in [9.17, 15) is 10.1 Å². The maximum atomic E-state index is 10.9. The Hall–Kier alpha value is -1.84. The van der Waals surface area contributed by atoms with Crippen LogP contribution in [0, 0.1) is 10.1 Å². The fourth-order valence-electron chi connectivity index (χ4n) is 2.02. The van der Waals surface area contributed by atoms with Crippen LogP contribution in [0.2, 0.25) is 0 Å². The number of para-hydroxylation sites is 1. The summed E-state index contributed by atoms with van der Waals surface area (Å²) in [6.07, 6.45) is 2.11. The van der Waals surface area contributed by atoms with Crippen LogP contribution in [-0.2, 0) is 0 Å². The van der Waals surface area contributed by atoms with Crippen LogP contribution in [0.4, 0.5) is 5.82 Å². The van der Waals surface area contributed by atoms with E-state index in [1.54, 1.807) is 6.07 Å². The highest BCUT2D eigenvalue weighted by Gasteiger charge is 2.34. The molecule has 4 heteroatoms. The Morgan fingerprint density at radius 2 is 2.07 bits per heavy atom. The fourth-order valence-corrected chi connectivity index (χ4v) is 2.02. The number of hydrogen-bond donors (Lipinski definition) is 0. The summed E-state index contributed by atoms with van der Waals surface area (Å²) in [7, 11) is 0. The van der Waals surface area contributed by atoms with Gasteiger partial charge in [-0.1, -0.05) is 18.2 Å². The van der Waals surface area contributed by atoms with Crippen molar-refractivity contribution in [2.75, 3.05) is 0 Å². The van der Waals surface area contributed by atoms with E-state index in [4.69, 9.17) is 0 Å². The smallest absolute Gasteiger partial charge is 0.324 e. The quantitative estimate of drug-likeness (QED) is 0.555. The summed E-state index contributed by atoms with van der Waals surface area (Å²) in [6.45, 7) is 0. The highest BCUT2D eigenvalue weighted by molar-refractivity contribution is 5.83. The Morgan fingerprint density at radius 1 is 1.33 bits per heavy atom. The average molecular weight is 202 g/mol. The number of rotatable bonds is 2. The molecule has 0 bridgehead atoms. The topological polar surface area (TPSA) is 48.1 Å². The Labute approximate surface area is 86.3 Å². The molecular formula is C11H10N2O2. The second kappa shape index (κ2) is 2.82. The SMILES string of the molecule is O=[N+]([O-])c1cc2ccccc2n1C1CC1. The van der Waals surface area contributed by atoms with Crippen LogP contribution in [0.3, 0.4) is 0 Å². The van der Waals surface area contributed by atoms with Gasteiger partial charge in [0.15, 0.2) is 0 Å². The molecule has 0 saturated heterocycles. The molecule has 1 heterocycles. The monoisotopic (exact) mass is 202 g/mol. The van der Waals surface area contributed by atoms with Crippen molar-refractivity contribution >= 4 is 16.7 Å². The highest BCUT2D eigenvalue weighted by Crippen LogP contribution is 2.41. The number of benzene rings is 1. The van der Waals surface area contributed by atoms with E-state index in [2.05, 4.69) is 0 Å². The maximum absolute atomic E-state index is 10.9. The molecule has 4 nitrogen and oxygen atoms in total. The first-order chi connectivity index (χ1) is 7.27. The first-order valence-electron chi connectivity index (χ1n) is 5.02. The van der Waals surface area contributed by atoms with Crippen LogP contribution in [0.15, 0.2) is 30.3 Å². The van der Waals surface area contributed by atoms with Crippen molar-refractivity contribution in [1.29, 1.82) is 0 Å². The number of nitrogens with zero attached hydrogens (tertiary/aromatic N) is 2. The van der Waals surface area contributed by atoms with Gasteiger partial charge < -0.3 is 10.1 Å². The van der Waals surface area contributed by atoms with Gasteiger partial charge in [-0.2, -0.15) is 0 Å². The molecule has 1 aromatic heterocycles. The molecule has 3 rings (SSSR count). The average Bonchev–Trinajstić information content (AvgIpc) is 2.98. The highest BCUT2D eigenvalue weighted by atomic mass is 16.6. The zero-order valence-corrected chi connectivity index (χ0v) is 8.09. The van der Waals surface area contributed by atoms with Gasteiger partial charge in [-0.15, -0.1) is 0 Å². The third kappa shape index (κ3) is 1.21. The number of aromatic nitrogens is 1. The van der Waals surface area contributed by atoms with Gasteiger partial charge in [0.05, 0.1) is 0 Å². The van der Waals surface area contributed by atoms with E-state index < -0.39 is 0 Å². The zero-order chi connectivity index (χ0) is 10.4. The van der Waals surface area contributed by atoms with Crippen LogP contribution < -0.4 is 0 Å². The van der Waals surface area contributed by atoms with Crippen molar-refractivity contribution in [3.05, 3.63) is 40.4 Å². The molecule has 0 unspecified atom stereocenters. The molecular weight excluding hydrogens is 192 g/mol. The minimum Gasteiger partial charge on any atom is -0.358 e. The van der Waals surface area contributed by atoms with Crippen molar-refractivity contribution in [2.24, 2.45) is 0 Å². The van der Waals surface area contributed by atoms with Gasteiger partial charge in [0.25, 0.3) is 0 Å². The van der Waals surface area contributed by atoms with Gasteiger partial charge in [-0.05, 0) is 23.8 Å². The molecule has 1 aliphatic rings. The Bertz CT molecular complexity index is 541. The standard InChI is InChI=1S/C11H10N2O2/c14-13(15)11-7-8-3-1-2-4-10(8)12(11)9-5-6-9/h1-4,7,9H,5-6H2. The molecule has 76 valence electrons. The zero-order valence-electron chi connectivity index (χ0n) is 8.09. The molecule has 0 atom stereocenters. The van der Waals surface area contributed by atoms with Crippen LogP contribution in [0.25, 0.3) is 10.9 Å². The van der Waals surface area contributed by atoms with E-state index in [1.807, 2.05) is 28.8 Å². The summed E-state index contributed by atoms with van der Waals surface area (Å²) in [4.78, 5) is 10.6. The summed E-state index contributed by atoms with van der Waals surface area (Å²) in [6, 6.07) is 9.69. The molecule has 2 aromatic rings. The Balaban J connectivity index is 2.33. The van der Waals surface area contributed by atoms with Crippen LogP contribution >= 0.6 is 0 Å². The van der Waals surface area contributed by atoms with Gasteiger partial charge in [0.1, 0.15) is 11.6 Å². The molecule has 1 aromatic carbocycles. The number of fused-ring (bicyclic) bond motifs is 1. The van der Waals surface area contributed by atoms with Gasteiger partial charge in [-0.3, -0.25) is 0 Å². The predicted molar refractivity (Wildman–Crippen MR) is 56.9 cm³/mol. The Morgan fingerprint density at radius 3 is 2.73 bits per heavy atom. The number of nitro groups is 1. The molecule has 0 aliphatic heterocycles. The molecule has 1 saturated carbocycles. The van der Waals surface area contributed by atoms with Crippen molar-refractivity contribution in [3.63, 3.8) is 0 Å². The Kier molecular flexibility index (Phi) is 1.59. The third-order valence-electron chi connectivity index (χ3n) is 2.83. The van der Waals surface area contributed by atoms with Gasteiger partial charge in [-0.25, -0.2) is 4.57 Å². The van der Waals surface area contributed by atoms with E-state index in [0.717, 1.165) is 23.7 Å². The van der Waals surface area contributed by atoms with Crippen LogP contribution in [0.5, 0.6) is 0 Å². The molecule has 0 radical (unpaired) electrons. The van der Waals surface area contributed by atoms with Crippen LogP contribution in [-0.4, -0.2) is 9.49 Å². The lowest BCUT2D eigenvalue weighted by molar-refractivity contribution is -0.391. The van der Waals surface area contributed by atoms with Crippen molar-refractivity contribution in [1.82, 2.24) is 4.57 Å². The first-order valence-corrected chi connectivity index (χ1v) is 5.02. The maximum Gasteiger partial charge on any atom is 0.324 e. The van der Waals surface area contributed by atoms with E-state index in [1.165, 1.54) is 0 Å². The minimum atomic E-state index is -0.293. The lowest BCUT2D eigenvalue weighted by Gasteiger charge is -1.99. The van der Waals surface area contributed by atoms with Crippen molar-refractivity contribution < 1.29 is 4.92 Å². The normalized spacial score (nSPS) is 15.7. The molecule has 0 amide bonds. The molecule has 0 N–H and O–H groups in total. The van der Waals surface area contributed by atoms with Crippen molar-refractivity contribution in [2.45, 2.75) is 18.9 Å². The molecule has 15 heavy (non-hydrogen) atoms. The first kappa shape index (κ1) is 8.47. The van der Waals surface area contributed by atoms with Gasteiger partial charge >= 0.3 is 5.82 Å². The lowest BCUT2D eigenvalue weighted by Crippen LogP contribution is -1.99. The lowest BCUT2D eigenvalue weighted by atomic mass is 10.2. The fraction of sp³-hybridized carbons (Fsp3) is 0.273. The second-order valence-corrected chi connectivity index (χ2v) is 3.92. The van der Waals surface area contributed by atoms with E-state index in [0.29, 0.717) is 6.04 Å². The van der Waals surface area contributed by atoms with Crippen molar-refractivity contribution in [3.8, 4) is 0 Å². The summed E-state index contributed by atoms with van der Waals surface area (Å²) < 4.78 is 1.86. The summed E-state index contributed by atoms with van der Waals surface area (Å²) in [5.74, 6) is 0.221. The minimum absolute atomic E-state index is 0.221. The summed E-state index contributed by atoms with van der Waals surface area (Å²) in [5, 5.41) is 11.9. The summed E-state index contributed by atoms with van der Waals surface area (Å²) >= 11 is 0. The predicted octanol–water partition coefficient (Wildman–Crippen LogP) is 2.88. The van der Waals surface area contributed by atoms with Gasteiger partial charge in [0.2, 0.25) is 0 Å². The largest absolute Gasteiger partial charge is 0.358 e. The van der Waals surface area contributed by atoms with Crippen LogP contribution in [0.1, 0.15) is 18.9 Å². The summed E-state index contributed by atoms with van der Waals surface area (Å²) in [5.41, 5.74) is 0.978. The van der Waals surface area contributed by atoms with Gasteiger partial charge in [0, 0.05) is 11.5 Å². The molecule has 0 spiro atoms.